The number of methoxy groups -OCH3 is 1. The van der Waals surface area contributed by atoms with E-state index in [9.17, 15) is 9.59 Å². The number of nitrogens with zero attached hydrogens (tertiary/aromatic N) is 4. The van der Waals surface area contributed by atoms with E-state index < -0.39 is 5.91 Å². The lowest BCUT2D eigenvalue weighted by atomic mass is 10.1. The number of carbonyl (C=O) groups excluding carboxylic acids is 1. The van der Waals surface area contributed by atoms with E-state index in [1.807, 2.05) is 0 Å². The van der Waals surface area contributed by atoms with Gasteiger partial charge in [0.2, 0.25) is 5.88 Å². The normalized spacial score (nSPS) is 11.7. The Hall–Kier alpha value is -3.13. The summed E-state index contributed by atoms with van der Waals surface area (Å²) < 4.78 is 6.39. The fraction of sp³-hybridized carbons (Fsp3) is 0.222. The standard InChI is InChI=1S/C18H18ClN5O3/c1-10(23(2)3)20-17(26)15-16-21-13(11-5-7-12(19)8-6-11)9-14(25)24(16)22-18(15)27-4/h5-9,22H,1-4H3. The summed E-state index contributed by atoms with van der Waals surface area (Å²) in [5.74, 6) is 0.0720. The highest BCUT2D eigenvalue weighted by molar-refractivity contribution is 6.30. The molecule has 1 aromatic carbocycles. The Balaban J connectivity index is 2.23. The maximum atomic E-state index is 12.7. The SMILES string of the molecule is COc1[nH]n2c(=O)cc(-c3ccc(Cl)cc3)nc2c1C(=O)N=C(C)N(C)C. The molecule has 1 amide bonds. The summed E-state index contributed by atoms with van der Waals surface area (Å²) in [6.45, 7) is 1.71. The molecular formula is C18H18ClN5O3. The highest BCUT2D eigenvalue weighted by atomic mass is 35.5. The lowest BCUT2D eigenvalue weighted by molar-refractivity contribution is 0.1000. The van der Waals surface area contributed by atoms with E-state index in [2.05, 4.69) is 15.1 Å². The molecule has 3 aromatic rings. The number of aliphatic imine (C=N–C) groups is 1. The van der Waals surface area contributed by atoms with E-state index in [0.29, 0.717) is 22.1 Å². The lowest BCUT2D eigenvalue weighted by Gasteiger charge is -2.10. The first-order chi connectivity index (χ1) is 12.8. The zero-order chi connectivity index (χ0) is 19.7. The molecule has 0 aliphatic carbocycles. The minimum atomic E-state index is -0.558. The smallest absolute Gasteiger partial charge is 0.288 e. The van der Waals surface area contributed by atoms with Crippen LogP contribution in [0, 0.1) is 0 Å². The van der Waals surface area contributed by atoms with Crippen LogP contribution in [0.5, 0.6) is 5.88 Å². The molecule has 8 nitrogen and oxygen atoms in total. The predicted octanol–water partition coefficient (Wildman–Crippen LogP) is 2.47. The highest BCUT2D eigenvalue weighted by Gasteiger charge is 2.23. The molecule has 27 heavy (non-hydrogen) atoms. The first-order valence-corrected chi connectivity index (χ1v) is 8.42. The highest BCUT2D eigenvalue weighted by Crippen LogP contribution is 2.24. The molecule has 0 aliphatic rings. The van der Waals surface area contributed by atoms with Crippen LogP contribution < -0.4 is 10.3 Å². The third kappa shape index (κ3) is 3.56. The van der Waals surface area contributed by atoms with Crippen LogP contribution in [0.25, 0.3) is 16.9 Å². The molecule has 0 saturated heterocycles. The zero-order valence-corrected chi connectivity index (χ0v) is 16.0. The number of hydrogen-bond donors (Lipinski definition) is 1. The van der Waals surface area contributed by atoms with Crippen LogP contribution in [0.4, 0.5) is 0 Å². The third-order valence-corrected chi connectivity index (χ3v) is 4.30. The molecule has 0 radical (unpaired) electrons. The van der Waals surface area contributed by atoms with Crippen molar-refractivity contribution in [3.8, 4) is 17.1 Å². The summed E-state index contributed by atoms with van der Waals surface area (Å²) in [6.07, 6.45) is 0. The Kier molecular flexibility index (Phi) is 5.00. The molecule has 9 heteroatoms. The second kappa shape index (κ2) is 7.24. The molecule has 1 N–H and O–H groups in total. The van der Waals surface area contributed by atoms with Crippen LogP contribution in [0.2, 0.25) is 5.02 Å². The monoisotopic (exact) mass is 387 g/mol. The van der Waals surface area contributed by atoms with Gasteiger partial charge in [-0.05, 0) is 19.1 Å². The van der Waals surface area contributed by atoms with Crippen molar-refractivity contribution >= 4 is 29.0 Å². The van der Waals surface area contributed by atoms with Crippen molar-refractivity contribution in [3.05, 3.63) is 51.3 Å². The Morgan fingerprint density at radius 3 is 2.56 bits per heavy atom. The summed E-state index contributed by atoms with van der Waals surface area (Å²) in [7, 11) is 4.95. The topological polar surface area (TPSA) is 92.1 Å². The van der Waals surface area contributed by atoms with Crippen molar-refractivity contribution in [2.24, 2.45) is 4.99 Å². The number of aromatic amines is 1. The minimum absolute atomic E-state index is 0.0895. The van der Waals surface area contributed by atoms with E-state index in [4.69, 9.17) is 16.3 Å². The summed E-state index contributed by atoms with van der Waals surface area (Å²) in [5, 5.41) is 3.32. The molecular weight excluding hydrogens is 370 g/mol. The fourth-order valence-electron chi connectivity index (χ4n) is 2.43. The van der Waals surface area contributed by atoms with Gasteiger partial charge in [-0.3, -0.25) is 14.7 Å². The molecule has 0 unspecified atom stereocenters. The van der Waals surface area contributed by atoms with Crippen molar-refractivity contribution in [1.29, 1.82) is 0 Å². The number of fused-ring (bicyclic) bond motifs is 1. The van der Waals surface area contributed by atoms with Crippen LogP contribution in [0.3, 0.4) is 0 Å². The summed E-state index contributed by atoms with van der Waals surface area (Å²) in [6, 6.07) is 8.28. The number of aromatic nitrogens is 3. The zero-order valence-electron chi connectivity index (χ0n) is 15.3. The van der Waals surface area contributed by atoms with Crippen molar-refractivity contribution in [2.75, 3.05) is 21.2 Å². The van der Waals surface area contributed by atoms with Gasteiger partial charge in [0, 0.05) is 30.7 Å². The van der Waals surface area contributed by atoms with E-state index in [-0.39, 0.29) is 22.6 Å². The van der Waals surface area contributed by atoms with Gasteiger partial charge in [0.15, 0.2) is 5.65 Å². The second-order valence-corrected chi connectivity index (χ2v) is 6.46. The number of halogens is 1. The molecule has 0 atom stereocenters. The van der Waals surface area contributed by atoms with Crippen LogP contribution in [0.15, 0.2) is 40.1 Å². The van der Waals surface area contributed by atoms with E-state index >= 15 is 0 Å². The number of benzene rings is 1. The van der Waals surface area contributed by atoms with Gasteiger partial charge in [0.05, 0.1) is 12.8 Å². The molecule has 0 spiro atoms. The Morgan fingerprint density at radius 1 is 1.30 bits per heavy atom. The van der Waals surface area contributed by atoms with E-state index in [0.717, 1.165) is 4.52 Å². The van der Waals surface area contributed by atoms with Gasteiger partial charge in [-0.25, -0.2) is 4.98 Å². The quantitative estimate of drug-likeness (QED) is 0.550. The summed E-state index contributed by atoms with van der Waals surface area (Å²) in [4.78, 5) is 35.5. The first kappa shape index (κ1) is 18.7. The van der Waals surface area contributed by atoms with Gasteiger partial charge in [-0.1, -0.05) is 23.7 Å². The van der Waals surface area contributed by atoms with Crippen molar-refractivity contribution < 1.29 is 9.53 Å². The average molecular weight is 388 g/mol. The number of amides is 1. The molecule has 2 aromatic heterocycles. The van der Waals surface area contributed by atoms with Gasteiger partial charge in [-0.15, -0.1) is 0 Å². The lowest BCUT2D eigenvalue weighted by Crippen LogP contribution is -2.20. The van der Waals surface area contributed by atoms with E-state index in [1.54, 1.807) is 50.2 Å². The Labute approximate surface area is 160 Å². The van der Waals surface area contributed by atoms with E-state index in [1.165, 1.54) is 13.2 Å². The summed E-state index contributed by atoms with van der Waals surface area (Å²) >= 11 is 5.92. The second-order valence-electron chi connectivity index (χ2n) is 6.02. The van der Waals surface area contributed by atoms with Crippen molar-refractivity contribution in [1.82, 2.24) is 19.5 Å². The third-order valence-electron chi connectivity index (χ3n) is 4.05. The number of H-pyrrole nitrogens is 1. The van der Waals surface area contributed by atoms with Gasteiger partial charge in [0.25, 0.3) is 11.5 Å². The van der Waals surface area contributed by atoms with Gasteiger partial charge >= 0.3 is 0 Å². The molecule has 0 saturated carbocycles. The summed E-state index contributed by atoms with van der Waals surface area (Å²) in [5.41, 5.74) is 0.970. The van der Waals surface area contributed by atoms with Crippen LogP contribution in [-0.2, 0) is 0 Å². The molecule has 140 valence electrons. The molecule has 0 fully saturated rings. The fourth-order valence-corrected chi connectivity index (χ4v) is 2.55. The Bertz CT molecular complexity index is 1100. The van der Waals surface area contributed by atoms with Crippen LogP contribution >= 0.6 is 11.6 Å². The first-order valence-electron chi connectivity index (χ1n) is 8.04. The number of hydrogen-bond acceptors (Lipinski definition) is 4. The maximum absolute atomic E-state index is 12.7. The minimum Gasteiger partial charge on any atom is -0.481 e. The predicted molar refractivity (Wildman–Crippen MR) is 104 cm³/mol. The molecule has 3 rings (SSSR count). The number of ether oxygens (including phenoxy) is 1. The Morgan fingerprint density at radius 2 is 1.96 bits per heavy atom. The number of nitrogens with one attached hydrogen (secondary N) is 1. The number of rotatable bonds is 3. The molecule has 0 bridgehead atoms. The van der Waals surface area contributed by atoms with Gasteiger partial charge in [0.1, 0.15) is 11.4 Å². The van der Waals surface area contributed by atoms with Crippen molar-refractivity contribution in [2.45, 2.75) is 6.92 Å². The van der Waals surface area contributed by atoms with Crippen LogP contribution in [0.1, 0.15) is 17.3 Å². The number of amidine groups is 1. The number of carbonyl (C=O) groups is 1. The van der Waals surface area contributed by atoms with Crippen LogP contribution in [-0.4, -0.2) is 52.4 Å². The molecule has 2 heterocycles. The average Bonchev–Trinajstić information content (AvgIpc) is 3.01. The molecule has 0 aliphatic heterocycles. The largest absolute Gasteiger partial charge is 0.481 e. The van der Waals surface area contributed by atoms with Gasteiger partial charge < -0.3 is 9.64 Å². The van der Waals surface area contributed by atoms with Gasteiger partial charge in [-0.2, -0.15) is 9.51 Å². The van der Waals surface area contributed by atoms with Crippen molar-refractivity contribution in [3.63, 3.8) is 0 Å². The maximum Gasteiger partial charge on any atom is 0.288 e.